The number of imidazole rings is 1. The van der Waals surface area contributed by atoms with Gasteiger partial charge in [0.2, 0.25) is 0 Å². The Morgan fingerprint density at radius 2 is 2.46 bits per heavy atom. The van der Waals surface area contributed by atoms with Crippen molar-refractivity contribution in [2.24, 2.45) is 5.73 Å². The van der Waals surface area contributed by atoms with Gasteiger partial charge in [0.25, 0.3) is 5.91 Å². The zero-order valence-electron chi connectivity index (χ0n) is 6.68. The molecule has 66 valence electrons. The van der Waals surface area contributed by atoms with Crippen LogP contribution >= 0.6 is 0 Å². The minimum Gasteiger partial charge on any atom is -0.470 e. The molecule has 5 heteroatoms. The monoisotopic (exact) mass is 177 g/mol. The Morgan fingerprint density at radius 3 is 3.23 bits per heavy atom. The molecule has 2 rings (SSSR count). The summed E-state index contributed by atoms with van der Waals surface area (Å²) in [5.41, 5.74) is 5.40. The minimum atomic E-state index is -0.559. The maximum absolute atomic E-state index is 11.0. The molecule has 0 aromatic carbocycles. The molecule has 2 heterocycles. The predicted octanol–water partition coefficient (Wildman–Crippen LogP) is 0.168. The largest absolute Gasteiger partial charge is 0.470 e. The molecule has 1 aromatic rings. The first-order chi connectivity index (χ1) is 6.29. The van der Waals surface area contributed by atoms with E-state index in [0.29, 0.717) is 5.82 Å². The Balaban J connectivity index is 2.56. The zero-order valence-corrected chi connectivity index (χ0v) is 6.68. The number of carbonyl (C=O) groups is 1. The van der Waals surface area contributed by atoms with Crippen LogP contribution in [0, 0.1) is 0 Å². The Morgan fingerprint density at radius 1 is 1.62 bits per heavy atom. The fourth-order valence-electron chi connectivity index (χ4n) is 1.07. The van der Waals surface area contributed by atoms with Crippen LogP contribution in [0.5, 0.6) is 0 Å². The van der Waals surface area contributed by atoms with E-state index < -0.39 is 5.91 Å². The number of aromatic nitrogens is 2. The van der Waals surface area contributed by atoms with Crippen molar-refractivity contribution in [2.75, 3.05) is 0 Å². The highest BCUT2D eigenvalue weighted by molar-refractivity contribution is 6.17. The van der Waals surface area contributed by atoms with E-state index in [1.807, 2.05) is 0 Å². The van der Waals surface area contributed by atoms with Gasteiger partial charge in [-0.3, -0.25) is 4.79 Å². The van der Waals surface area contributed by atoms with Crippen LogP contribution < -0.4 is 5.73 Å². The zero-order chi connectivity index (χ0) is 9.26. The molecule has 0 bridgehead atoms. The first-order valence-electron chi connectivity index (χ1n) is 3.64. The smallest absolute Gasteiger partial charge is 0.255 e. The van der Waals surface area contributed by atoms with Crippen molar-refractivity contribution in [1.82, 2.24) is 9.55 Å². The third-order valence-corrected chi connectivity index (χ3v) is 1.66. The summed E-state index contributed by atoms with van der Waals surface area (Å²) >= 11 is 0. The summed E-state index contributed by atoms with van der Waals surface area (Å²) in [6.07, 6.45) is 7.67. The lowest BCUT2D eigenvalue weighted by molar-refractivity contribution is -0.112. The first-order valence-corrected chi connectivity index (χ1v) is 3.64. The van der Waals surface area contributed by atoms with Crippen LogP contribution in [0.1, 0.15) is 5.82 Å². The van der Waals surface area contributed by atoms with Gasteiger partial charge < -0.3 is 15.0 Å². The molecule has 0 saturated carbocycles. The SMILES string of the molecule is NC(=O)C1=COC=Cn2ccnc21. The second-order valence-corrected chi connectivity index (χ2v) is 2.48. The number of fused-ring (bicyclic) bond motifs is 1. The van der Waals surface area contributed by atoms with E-state index in [-0.39, 0.29) is 5.57 Å². The van der Waals surface area contributed by atoms with Gasteiger partial charge >= 0.3 is 0 Å². The molecule has 2 N–H and O–H groups in total. The molecular formula is C8H7N3O2. The average molecular weight is 177 g/mol. The van der Waals surface area contributed by atoms with Gasteiger partial charge in [-0.05, 0) is 0 Å². The van der Waals surface area contributed by atoms with Gasteiger partial charge in [-0.1, -0.05) is 0 Å². The number of hydrogen-bond acceptors (Lipinski definition) is 3. The van der Waals surface area contributed by atoms with Gasteiger partial charge in [-0.2, -0.15) is 0 Å². The minimum absolute atomic E-state index is 0.259. The van der Waals surface area contributed by atoms with E-state index >= 15 is 0 Å². The fourth-order valence-corrected chi connectivity index (χ4v) is 1.07. The van der Waals surface area contributed by atoms with E-state index in [1.165, 1.54) is 12.5 Å². The maximum Gasteiger partial charge on any atom is 0.255 e. The third-order valence-electron chi connectivity index (χ3n) is 1.66. The number of rotatable bonds is 1. The summed E-state index contributed by atoms with van der Waals surface area (Å²) in [5.74, 6) is -0.0719. The van der Waals surface area contributed by atoms with Crippen molar-refractivity contribution in [3.05, 3.63) is 30.7 Å². The van der Waals surface area contributed by atoms with Crippen LogP contribution in [-0.4, -0.2) is 15.5 Å². The Kier molecular flexibility index (Phi) is 1.63. The lowest BCUT2D eigenvalue weighted by Crippen LogP contribution is -2.15. The molecule has 0 radical (unpaired) electrons. The van der Waals surface area contributed by atoms with E-state index in [9.17, 15) is 4.79 Å². The molecular weight excluding hydrogens is 170 g/mol. The molecule has 1 aromatic heterocycles. The highest BCUT2D eigenvalue weighted by Gasteiger charge is 2.15. The Labute approximate surface area is 74.1 Å². The van der Waals surface area contributed by atoms with Gasteiger partial charge in [-0.25, -0.2) is 4.98 Å². The number of nitrogens with zero attached hydrogens (tertiary/aromatic N) is 2. The number of amides is 1. The highest BCUT2D eigenvalue weighted by Crippen LogP contribution is 2.15. The standard InChI is InChI=1S/C8H7N3O2/c9-7(12)6-5-13-4-3-11-2-1-10-8(6)11/h1-5H,(H2,9,12). The van der Waals surface area contributed by atoms with E-state index in [0.717, 1.165) is 0 Å². The van der Waals surface area contributed by atoms with Crippen LogP contribution in [0.2, 0.25) is 0 Å². The molecule has 0 saturated heterocycles. The average Bonchev–Trinajstić information content (AvgIpc) is 2.44. The molecule has 0 aliphatic carbocycles. The van der Waals surface area contributed by atoms with Crippen molar-refractivity contribution < 1.29 is 9.53 Å². The van der Waals surface area contributed by atoms with Crippen LogP contribution in [-0.2, 0) is 9.53 Å². The second kappa shape index (κ2) is 2.78. The van der Waals surface area contributed by atoms with Crippen LogP contribution in [0.4, 0.5) is 0 Å². The summed E-state index contributed by atoms with van der Waals surface area (Å²) < 4.78 is 6.56. The highest BCUT2D eigenvalue weighted by atomic mass is 16.5. The van der Waals surface area contributed by atoms with Crippen LogP contribution in [0.3, 0.4) is 0 Å². The summed E-state index contributed by atoms with van der Waals surface area (Å²) in [6.45, 7) is 0. The molecule has 1 aliphatic rings. The molecule has 5 nitrogen and oxygen atoms in total. The van der Waals surface area contributed by atoms with Crippen molar-refractivity contribution in [3.8, 4) is 0 Å². The quantitative estimate of drug-likeness (QED) is 0.664. The second-order valence-electron chi connectivity index (χ2n) is 2.48. The van der Waals surface area contributed by atoms with Gasteiger partial charge in [0.1, 0.15) is 18.1 Å². The number of carbonyl (C=O) groups excluding carboxylic acids is 1. The van der Waals surface area contributed by atoms with Crippen LogP contribution in [0.15, 0.2) is 24.9 Å². The van der Waals surface area contributed by atoms with Crippen molar-refractivity contribution >= 4 is 17.7 Å². The summed E-state index contributed by atoms with van der Waals surface area (Å²) in [7, 11) is 0. The van der Waals surface area contributed by atoms with Crippen molar-refractivity contribution in [2.45, 2.75) is 0 Å². The molecule has 1 aliphatic heterocycles. The van der Waals surface area contributed by atoms with E-state index in [4.69, 9.17) is 10.5 Å². The Hall–Kier alpha value is -2.04. The normalized spacial score (nSPS) is 14.0. The number of nitrogens with two attached hydrogens (primary N) is 1. The molecule has 0 atom stereocenters. The van der Waals surface area contributed by atoms with Gasteiger partial charge in [-0.15, -0.1) is 0 Å². The molecule has 1 amide bonds. The molecule has 0 fully saturated rings. The van der Waals surface area contributed by atoms with E-state index in [1.54, 1.807) is 23.2 Å². The van der Waals surface area contributed by atoms with Crippen molar-refractivity contribution in [1.29, 1.82) is 0 Å². The summed E-state index contributed by atoms with van der Waals surface area (Å²) in [5, 5.41) is 0. The fraction of sp³-hybridized carbons (Fsp3) is 0. The van der Waals surface area contributed by atoms with Gasteiger partial charge in [0, 0.05) is 18.6 Å². The molecule has 13 heavy (non-hydrogen) atoms. The Bertz CT molecular complexity index is 403. The first kappa shape index (κ1) is 7.60. The lowest BCUT2D eigenvalue weighted by atomic mass is 10.2. The summed E-state index contributed by atoms with van der Waals surface area (Å²) in [4.78, 5) is 14.9. The van der Waals surface area contributed by atoms with Gasteiger partial charge in [0.05, 0.1) is 0 Å². The molecule has 0 unspecified atom stereocenters. The number of primary amides is 1. The summed E-state index contributed by atoms with van der Waals surface area (Å²) in [6, 6.07) is 0. The predicted molar refractivity (Wildman–Crippen MR) is 45.8 cm³/mol. The lowest BCUT2D eigenvalue weighted by Gasteiger charge is -1.99. The van der Waals surface area contributed by atoms with Gasteiger partial charge in [0.15, 0.2) is 5.82 Å². The van der Waals surface area contributed by atoms with Crippen LogP contribution in [0.25, 0.3) is 11.8 Å². The number of ether oxygens (including phenoxy) is 1. The maximum atomic E-state index is 11.0. The van der Waals surface area contributed by atoms with Crippen molar-refractivity contribution in [3.63, 3.8) is 0 Å². The van der Waals surface area contributed by atoms with E-state index in [2.05, 4.69) is 4.98 Å². The molecule has 0 spiro atoms. The third kappa shape index (κ3) is 1.20. The number of hydrogen-bond donors (Lipinski definition) is 1. The topological polar surface area (TPSA) is 70.1 Å².